The largest absolute Gasteiger partial charge is 0.466 e. The third-order valence-corrected chi connectivity index (χ3v) is 5.13. The molecule has 1 saturated heterocycles. The van der Waals surface area contributed by atoms with Crippen LogP contribution < -0.4 is 0 Å². The number of ether oxygens (including phenoxy) is 1. The Morgan fingerprint density at radius 1 is 1.33 bits per heavy atom. The molecule has 7 heteroatoms. The second-order valence-corrected chi connectivity index (χ2v) is 7.94. The summed E-state index contributed by atoms with van der Waals surface area (Å²) in [5.74, 6) is 1.38. The van der Waals surface area contributed by atoms with Crippen LogP contribution in [0.5, 0.6) is 0 Å². The van der Waals surface area contributed by atoms with Crippen LogP contribution in [-0.4, -0.2) is 71.1 Å². The van der Waals surface area contributed by atoms with Crippen molar-refractivity contribution in [3.05, 3.63) is 18.2 Å². The number of imidazole rings is 1. The van der Waals surface area contributed by atoms with Gasteiger partial charge in [-0.3, -0.25) is 9.59 Å². The highest BCUT2D eigenvalue weighted by molar-refractivity contribution is 5.76. The van der Waals surface area contributed by atoms with E-state index in [0.717, 1.165) is 31.8 Å². The molecule has 0 aromatic carbocycles. The van der Waals surface area contributed by atoms with Gasteiger partial charge in [-0.15, -0.1) is 0 Å². The minimum absolute atomic E-state index is 0.182. The number of hydrogen-bond acceptors (Lipinski definition) is 5. The Bertz CT molecular complexity index is 612. The summed E-state index contributed by atoms with van der Waals surface area (Å²) in [7, 11) is 4.12. The van der Waals surface area contributed by atoms with Crippen molar-refractivity contribution < 1.29 is 14.3 Å². The number of rotatable bonds is 10. The van der Waals surface area contributed by atoms with Crippen molar-refractivity contribution in [2.24, 2.45) is 5.92 Å². The topological polar surface area (TPSA) is 67.7 Å². The Kier molecular flexibility index (Phi) is 8.28. The normalized spacial score (nSPS) is 17.1. The highest BCUT2D eigenvalue weighted by Crippen LogP contribution is 2.15. The summed E-state index contributed by atoms with van der Waals surface area (Å²) >= 11 is 0. The van der Waals surface area contributed by atoms with E-state index < -0.39 is 0 Å². The summed E-state index contributed by atoms with van der Waals surface area (Å²) in [5.41, 5.74) is 0. The van der Waals surface area contributed by atoms with E-state index in [0.29, 0.717) is 44.4 Å². The van der Waals surface area contributed by atoms with Crippen molar-refractivity contribution in [1.29, 1.82) is 0 Å². The summed E-state index contributed by atoms with van der Waals surface area (Å²) in [5, 5.41) is 0. The van der Waals surface area contributed by atoms with Gasteiger partial charge >= 0.3 is 5.97 Å². The Labute approximate surface area is 162 Å². The predicted molar refractivity (Wildman–Crippen MR) is 104 cm³/mol. The first-order valence-corrected chi connectivity index (χ1v) is 9.96. The molecule has 27 heavy (non-hydrogen) atoms. The van der Waals surface area contributed by atoms with E-state index in [1.54, 1.807) is 6.20 Å². The van der Waals surface area contributed by atoms with E-state index in [1.807, 2.05) is 15.7 Å². The van der Waals surface area contributed by atoms with E-state index in [4.69, 9.17) is 4.74 Å². The summed E-state index contributed by atoms with van der Waals surface area (Å²) in [4.78, 5) is 32.8. The average Bonchev–Trinajstić information content (AvgIpc) is 3.27. The van der Waals surface area contributed by atoms with Gasteiger partial charge < -0.3 is 19.1 Å². The first-order chi connectivity index (χ1) is 12.9. The quantitative estimate of drug-likeness (QED) is 0.582. The number of likely N-dealkylation sites (tertiary alicyclic amines) is 1. The number of carbonyl (C=O) groups excluding carboxylic acids is 2. The minimum atomic E-state index is -0.182. The fourth-order valence-electron chi connectivity index (χ4n) is 3.23. The molecular weight excluding hydrogens is 344 g/mol. The van der Waals surface area contributed by atoms with Crippen LogP contribution >= 0.6 is 0 Å². The summed E-state index contributed by atoms with van der Waals surface area (Å²) in [6, 6.07) is 0.456. The van der Waals surface area contributed by atoms with Gasteiger partial charge in [0.15, 0.2) is 0 Å². The molecule has 152 valence electrons. The number of carbonyl (C=O) groups is 2. The molecule has 1 aliphatic rings. The molecule has 2 heterocycles. The van der Waals surface area contributed by atoms with Crippen molar-refractivity contribution in [3.63, 3.8) is 0 Å². The highest BCUT2D eigenvalue weighted by atomic mass is 16.5. The lowest BCUT2D eigenvalue weighted by molar-refractivity contribution is -0.144. The van der Waals surface area contributed by atoms with Crippen LogP contribution in [0.1, 0.15) is 45.4 Å². The van der Waals surface area contributed by atoms with Gasteiger partial charge in [0.25, 0.3) is 0 Å². The smallest absolute Gasteiger partial charge is 0.307 e. The van der Waals surface area contributed by atoms with Crippen LogP contribution in [0.25, 0.3) is 0 Å². The molecule has 0 saturated carbocycles. The zero-order valence-corrected chi connectivity index (χ0v) is 17.2. The van der Waals surface area contributed by atoms with E-state index in [-0.39, 0.29) is 11.9 Å². The summed E-state index contributed by atoms with van der Waals surface area (Å²) < 4.78 is 7.20. The molecule has 0 aliphatic carbocycles. The van der Waals surface area contributed by atoms with Gasteiger partial charge in [0, 0.05) is 50.9 Å². The zero-order valence-electron chi connectivity index (χ0n) is 17.2. The van der Waals surface area contributed by atoms with E-state index in [2.05, 4.69) is 37.8 Å². The molecule has 2 rings (SSSR count). The first-order valence-electron chi connectivity index (χ1n) is 9.96. The third kappa shape index (κ3) is 6.97. The maximum Gasteiger partial charge on any atom is 0.307 e. The van der Waals surface area contributed by atoms with Crippen LogP contribution in [0.2, 0.25) is 0 Å². The Morgan fingerprint density at radius 3 is 2.78 bits per heavy atom. The molecule has 0 bridgehead atoms. The van der Waals surface area contributed by atoms with Gasteiger partial charge in [0.1, 0.15) is 5.82 Å². The average molecular weight is 379 g/mol. The van der Waals surface area contributed by atoms with Crippen molar-refractivity contribution in [2.45, 2.75) is 58.5 Å². The van der Waals surface area contributed by atoms with E-state index in [9.17, 15) is 9.59 Å². The maximum atomic E-state index is 12.5. The first kappa shape index (κ1) is 21.4. The molecule has 0 unspecified atom stereocenters. The number of esters is 1. The molecule has 0 radical (unpaired) electrons. The van der Waals surface area contributed by atoms with Crippen molar-refractivity contribution in [2.75, 3.05) is 33.8 Å². The fourth-order valence-corrected chi connectivity index (χ4v) is 3.23. The van der Waals surface area contributed by atoms with Gasteiger partial charge in [0.2, 0.25) is 5.91 Å². The lowest BCUT2D eigenvalue weighted by atomic mass is 10.1. The van der Waals surface area contributed by atoms with Crippen LogP contribution in [-0.2, 0) is 27.3 Å². The SMILES string of the molecule is CC(C)CCOC(=O)CCn1ccnc1CCC(=O)N1CC[C@H](N(C)C)C1. The second-order valence-electron chi connectivity index (χ2n) is 7.94. The molecule has 0 N–H and O–H groups in total. The van der Waals surface area contributed by atoms with Gasteiger partial charge in [0.05, 0.1) is 13.0 Å². The monoisotopic (exact) mass is 378 g/mol. The molecular formula is C20H34N4O3. The van der Waals surface area contributed by atoms with Crippen LogP contribution in [0.3, 0.4) is 0 Å². The molecule has 1 amide bonds. The van der Waals surface area contributed by atoms with Crippen molar-refractivity contribution in [1.82, 2.24) is 19.4 Å². The van der Waals surface area contributed by atoms with Crippen molar-refractivity contribution >= 4 is 11.9 Å². The van der Waals surface area contributed by atoms with E-state index >= 15 is 0 Å². The molecule has 1 aromatic rings. The lowest BCUT2D eigenvalue weighted by Crippen LogP contribution is -2.34. The number of nitrogens with zero attached hydrogens (tertiary/aromatic N) is 4. The summed E-state index contributed by atoms with van der Waals surface area (Å²) in [6.07, 6.45) is 6.88. The van der Waals surface area contributed by atoms with Crippen LogP contribution in [0.4, 0.5) is 0 Å². The third-order valence-electron chi connectivity index (χ3n) is 5.13. The number of aryl methyl sites for hydroxylation is 2. The van der Waals surface area contributed by atoms with E-state index in [1.165, 1.54) is 0 Å². The molecule has 1 aromatic heterocycles. The number of aromatic nitrogens is 2. The number of amides is 1. The fraction of sp³-hybridized carbons (Fsp3) is 0.750. The molecule has 1 fully saturated rings. The second kappa shape index (κ2) is 10.4. The Morgan fingerprint density at radius 2 is 2.11 bits per heavy atom. The number of likely N-dealkylation sites (N-methyl/N-ethyl adjacent to an activating group) is 1. The standard InChI is InChI=1S/C20H34N4O3/c1-16(2)9-14-27-20(26)8-12-23-13-10-21-18(23)5-6-19(25)24-11-7-17(15-24)22(3)4/h10,13,16-17H,5-9,11-12,14-15H2,1-4H3/t17-/m0/s1. The van der Waals surface area contributed by atoms with Crippen LogP contribution in [0, 0.1) is 5.92 Å². The molecule has 7 nitrogen and oxygen atoms in total. The maximum absolute atomic E-state index is 12.5. The lowest BCUT2D eigenvalue weighted by Gasteiger charge is -2.20. The zero-order chi connectivity index (χ0) is 19.8. The minimum Gasteiger partial charge on any atom is -0.466 e. The summed E-state index contributed by atoms with van der Waals surface area (Å²) in [6.45, 7) is 6.87. The molecule has 1 aliphatic heterocycles. The molecule has 0 spiro atoms. The van der Waals surface area contributed by atoms with Crippen LogP contribution in [0.15, 0.2) is 12.4 Å². The Balaban J connectivity index is 1.73. The van der Waals surface area contributed by atoms with Gasteiger partial charge in [-0.25, -0.2) is 4.98 Å². The predicted octanol–water partition coefficient (Wildman–Crippen LogP) is 1.96. The van der Waals surface area contributed by atoms with Gasteiger partial charge in [-0.05, 0) is 32.9 Å². The van der Waals surface area contributed by atoms with Crippen molar-refractivity contribution in [3.8, 4) is 0 Å². The van der Waals surface area contributed by atoms with Gasteiger partial charge in [-0.1, -0.05) is 13.8 Å². The molecule has 1 atom stereocenters. The Hall–Kier alpha value is -1.89. The number of hydrogen-bond donors (Lipinski definition) is 0. The highest BCUT2D eigenvalue weighted by Gasteiger charge is 2.27. The van der Waals surface area contributed by atoms with Gasteiger partial charge in [-0.2, -0.15) is 0 Å².